The Balaban J connectivity index is 2.31. The van der Waals surface area contributed by atoms with Gasteiger partial charge >= 0.3 is 0 Å². The summed E-state index contributed by atoms with van der Waals surface area (Å²) in [7, 11) is 1.87. The van der Waals surface area contributed by atoms with Crippen molar-refractivity contribution >= 4 is 27.5 Å². The van der Waals surface area contributed by atoms with Crippen LogP contribution in [-0.4, -0.2) is 7.05 Å². The molecule has 1 atom stereocenters. The molecule has 4 heteroatoms. The predicted molar refractivity (Wildman–Crippen MR) is 85.8 cm³/mol. The van der Waals surface area contributed by atoms with Crippen LogP contribution in [0.3, 0.4) is 0 Å². The van der Waals surface area contributed by atoms with E-state index in [-0.39, 0.29) is 11.9 Å². The molecule has 0 radical (unpaired) electrons. The number of hydrogen-bond donors (Lipinski definition) is 1. The highest BCUT2D eigenvalue weighted by molar-refractivity contribution is 9.10. The van der Waals surface area contributed by atoms with Gasteiger partial charge in [0.2, 0.25) is 0 Å². The number of hydrogen-bond acceptors (Lipinski definition) is 1. The van der Waals surface area contributed by atoms with Gasteiger partial charge in [0.25, 0.3) is 0 Å². The highest BCUT2D eigenvalue weighted by Gasteiger charge is 2.16. The van der Waals surface area contributed by atoms with Crippen LogP contribution in [0.4, 0.5) is 4.39 Å². The van der Waals surface area contributed by atoms with Crippen molar-refractivity contribution in [2.45, 2.75) is 19.4 Å². The summed E-state index contributed by atoms with van der Waals surface area (Å²) in [6.07, 6.45) is 0.706. The first-order valence-corrected chi connectivity index (χ1v) is 7.56. The molecule has 1 N–H and O–H groups in total. The molecule has 0 amide bonds. The van der Waals surface area contributed by atoms with Crippen molar-refractivity contribution in [3.05, 3.63) is 68.4 Å². The molecule has 0 fully saturated rings. The average molecular weight is 357 g/mol. The molecule has 1 unspecified atom stereocenters. The second-order valence-electron chi connectivity index (χ2n) is 4.78. The monoisotopic (exact) mass is 355 g/mol. The van der Waals surface area contributed by atoms with Crippen molar-refractivity contribution in [2.24, 2.45) is 0 Å². The average Bonchev–Trinajstić information content (AvgIpc) is 2.42. The summed E-state index contributed by atoms with van der Waals surface area (Å²) in [4.78, 5) is 0. The van der Waals surface area contributed by atoms with Gasteiger partial charge in [-0.2, -0.15) is 0 Å². The maximum Gasteiger partial charge on any atom is 0.137 e. The molecular weight excluding hydrogens is 341 g/mol. The molecule has 2 aromatic rings. The summed E-state index contributed by atoms with van der Waals surface area (Å²) >= 11 is 9.59. The van der Waals surface area contributed by atoms with E-state index < -0.39 is 0 Å². The van der Waals surface area contributed by atoms with E-state index >= 15 is 0 Å². The second kappa shape index (κ2) is 6.70. The number of aryl methyl sites for hydroxylation is 1. The number of benzene rings is 2. The Morgan fingerprint density at radius 2 is 2.05 bits per heavy atom. The number of likely N-dealkylation sites (N-methyl/N-ethyl adjacent to an activating group) is 1. The predicted octanol–water partition coefficient (Wildman–Crippen LogP) is 5.05. The van der Waals surface area contributed by atoms with Gasteiger partial charge in [-0.3, -0.25) is 0 Å². The SMILES string of the molecule is CNC(Cc1ccc(C)cc1Cl)c1cccc(F)c1Br. The molecule has 106 valence electrons. The van der Waals surface area contributed by atoms with Crippen molar-refractivity contribution < 1.29 is 4.39 Å². The second-order valence-corrected chi connectivity index (χ2v) is 5.98. The lowest BCUT2D eigenvalue weighted by molar-refractivity contribution is 0.571. The fourth-order valence-electron chi connectivity index (χ4n) is 2.19. The highest BCUT2D eigenvalue weighted by atomic mass is 79.9. The zero-order valence-corrected chi connectivity index (χ0v) is 13.7. The lowest BCUT2D eigenvalue weighted by Crippen LogP contribution is -2.19. The number of rotatable bonds is 4. The molecule has 20 heavy (non-hydrogen) atoms. The van der Waals surface area contributed by atoms with E-state index in [2.05, 4.69) is 21.2 Å². The van der Waals surface area contributed by atoms with E-state index in [0.29, 0.717) is 10.9 Å². The van der Waals surface area contributed by atoms with Gasteiger partial charge < -0.3 is 5.32 Å². The Kier molecular flexibility index (Phi) is 5.19. The summed E-state index contributed by atoms with van der Waals surface area (Å²) in [5, 5.41) is 3.97. The Hall–Kier alpha value is -0.900. The topological polar surface area (TPSA) is 12.0 Å². The minimum atomic E-state index is -0.252. The largest absolute Gasteiger partial charge is 0.313 e. The molecule has 0 aliphatic rings. The van der Waals surface area contributed by atoms with Crippen molar-refractivity contribution in [1.29, 1.82) is 0 Å². The molecule has 0 spiro atoms. The van der Waals surface area contributed by atoms with E-state index in [1.54, 1.807) is 6.07 Å². The molecular formula is C16H16BrClFN. The van der Waals surface area contributed by atoms with Gasteiger partial charge in [-0.05, 0) is 65.1 Å². The smallest absolute Gasteiger partial charge is 0.137 e. The third-order valence-electron chi connectivity index (χ3n) is 3.34. The van der Waals surface area contributed by atoms with E-state index in [1.165, 1.54) is 6.07 Å². The standard InChI is InChI=1S/C16H16BrClFN/c1-10-6-7-11(13(18)8-10)9-15(20-2)12-4-3-5-14(19)16(12)17/h3-8,15,20H,9H2,1-2H3. The van der Waals surface area contributed by atoms with E-state index in [4.69, 9.17) is 11.6 Å². The van der Waals surface area contributed by atoms with Crippen LogP contribution in [0.1, 0.15) is 22.7 Å². The molecule has 2 aromatic carbocycles. The summed E-state index contributed by atoms with van der Waals surface area (Å²) in [5.41, 5.74) is 3.07. The normalized spacial score (nSPS) is 12.4. The minimum Gasteiger partial charge on any atom is -0.313 e. The Morgan fingerprint density at radius 3 is 2.70 bits per heavy atom. The molecule has 2 rings (SSSR count). The molecule has 0 aliphatic heterocycles. The molecule has 0 bridgehead atoms. The van der Waals surface area contributed by atoms with Gasteiger partial charge in [-0.15, -0.1) is 0 Å². The zero-order chi connectivity index (χ0) is 14.7. The van der Waals surface area contributed by atoms with Gasteiger partial charge in [0, 0.05) is 11.1 Å². The molecule has 0 aliphatic carbocycles. The Bertz CT molecular complexity index is 615. The van der Waals surface area contributed by atoms with Crippen molar-refractivity contribution in [1.82, 2.24) is 5.32 Å². The molecule has 0 saturated heterocycles. The fraction of sp³-hybridized carbons (Fsp3) is 0.250. The van der Waals surface area contributed by atoms with Crippen molar-refractivity contribution in [2.75, 3.05) is 7.05 Å². The fourth-order valence-corrected chi connectivity index (χ4v) is 3.05. The van der Waals surface area contributed by atoms with Crippen LogP contribution < -0.4 is 5.32 Å². The van der Waals surface area contributed by atoms with Crippen LogP contribution in [0, 0.1) is 12.7 Å². The third-order valence-corrected chi connectivity index (χ3v) is 4.53. The summed E-state index contributed by atoms with van der Waals surface area (Å²) in [5.74, 6) is -0.252. The molecule has 0 heterocycles. The lowest BCUT2D eigenvalue weighted by atomic mass is 9.98. The van der Waals surface area contributed by atoms with E-state index in [1.807, 2.05) is 38.2 Å². The Labute approximate surface area is 132 Å². The summed E-state index contributed by atoms with van der Waals surface area (Å²) in [6.45, 7) is 2.01. The van der Waals surface area contributed by atoms with Crippen LogP contribution in [0.25, 0.3) is 0 Å². The van der Waals surface area contributed by atoms with Gasteiger partial charge in [-0.1, -0.05) is 35.9 Å². The first-order valence-electron chi connectivity index (χ1n) is 6.39. The molecule has 1 nitrogen and oxygen atoms in total. The lowest BCUT2D eigenvalue weighted by Gasteiger charge is -2.19. The Morgan fingerprint density at radius 1 is 1.30 bits per heavy atom. The maximum atomic E-state index is 13.6. The van der Waals surface area contributed by atoms with Crippen LogP contribution in [-0.2, 0) is 6.42 Å². The van der Waals surface area contributed by atoms with Gasteiger partial charge in [-0.25, -0.2) is 4.39 Å². The van der Waals surface area contributed by atoms with Gasteiger partial charge in [0.05, 0.1) is 4.47 Å². The number of halogens is 3. The first kappa shape index (κ1) is 15.5. The van der Waals surface area contributed by atoms with Gasteiger partial charge in [0.15, 0.2) is 0 Å². The zero-order valence-electron chi connectivity index (χ0n) is 11.4. The van der Waals surface area contributed by atoms with Crippen LogP contribution in [0.2, 0.25) is 5.02 Å². The minimum absolute atomic E-state index is 0.000260. The highest BCUT2D eigenvalue weighted by Crippen LogP contribution is 2.30. The van der Waals surface area contributed by atoms with E-state index in [9.17, 15) is 4.39 Å². The third kappa shape index (κ3) is 3.40. The first-order chi connectivity index (χ1) is 9.52. The number of nitrogens with one attached hydrogen (secondary N) is 1. The summed E-state index contributed by atoms with van der Waals surface area (Å²) < 4.78 is 14.1. The quantitative estimate of drug-likeness (QED) is 0.808. The van der Waals surface area contributed by atoms with Crippen molar-refractivity contribution in [3.63, 3.8) is 0 Å². The van der Waals surface area contributed by atoms with Crippen LogP contribution >= 0.6 is 27.5 Å². The maximum absolute atomic E-state index is 13.6. The summed E-state index contributed by atoms with van der Waals surface area (Å²) in [6, 6.07) is 11.1. The van der Waals surface area contributed by atoms with E-state index in [0.717, 1.165) is 21.7 Å². The van der Waals surface area contributed by atoms with Crippen LogP contribution in [0.15, 0.2) is 40.9 Å². The van der Waals surface area contributed by atoms with Crippen molar-refractivity contribution in [3.8, 4) is 0 Å². The van der Waals surface area contributed by atoms with Crippen LogP contribution in [0.5, 0.6) is 0 Å². The molecule has 0 saturated carbocycles. The van der Waals surface area contributed by atoms with Gasteiger partial charge in [0.1, 0.15) is 5.82 Å². The molecule has 0 aromatic heterocycles.